The topological polar surface area (TPSA) is 109 Å². The third-order valence-corrected chi connectivity index (χ3v) is 6.34. The summed E-state index contributed by atoms with van der Waals surface area (Å²) in [6, 6.07) is 2.65. The third kappa shape index (κ3) is 5.16. The van der Waals surface area contributed by atoms with Crippen molar-refractivity contribution in [1.29, 1.82) is 0 Å². The van der Waals surface area contributed by atoms with Crippen molar-refractivity contribution in [3.05, 3.63) is 46.5 Å². The maximum absolute atomic E-state index is 13.3. The predicted octanol–water partition coefficient (Wildman–Crippen LogP) is 2.12. The van der Waals surface area contributed by atoms with Crippen LogP contribution in [0.25, 0.3) is 10.3 Å². The second kappa shape index (κ2) is 9.61. The molecule has 33 heavy (non-hydrogen) atoms. The molecule has 0 spiro atoms. The van der Waals surface area contributed by atoms with Gasteiger partial charge in [-0.3, -0.25) is 19.0 Å². The molecule has 4 rings (SSSR count). The van der Waals surface area contributed by atoms with E-state index in [9.17, 15) is 23.2 Å². The number of piperidine rings is 1. The van der Waals surface area contributed by atoms with E-state index < -0.39 is 23.1 Å². The van der Waals surface area contributed by atoms with Crippen molar-refractivity contribution in [3.8, 4) is 0 Å². The highest BCUT2D eigenvalue weighted by atomic mass is 32.1. The summed E-state index contributed by atoms with van der Waals surface area (Å²) >= 11 is 1.16. The van der Waals surface area contributed by atoms with E-state index in [0.29, 0.717) is 24.3 Å². The van der Waals surface area contributed by atoms with Gasteiger partial charge in [-0.2, -0.15) is 4.98 Å². The van der Waals surface area contributed by atoms with E-state index in [0.717, 1.165) is 47.4 Å². The van der Waals surface area contributed by atoms with Crippen LogP contribution in [0.4, 0.5) is 19.6 Å². The molecule has 2 aromatic heterocycles. The van der Waals surface area contributed by atoms with Crippen molar-refractivity contribution in [3.63, 3.8) is 0 Å². The summed E-state index contributed by atoms with van der Waals surface area (Å²) < 4.78 is 28.0. The Morgan fingerprint density at radius 3 is 2.73 bits per heavy atom. The Labute approximate surface area is 191 Å². The van der Waals surface area contributed by atoms with Gasteiger partial charge in [0.15, 0.2) is 10.8 Å². The van der Waals surface area contributed by atoms with Crippen molar-refractivity contribution < 1.29 is 18.4 Å². The molecule has 2 amide bonds. The van der Waals surface area contributed by atoms with E-state index in [4.69, 9.17) is 0 Å². The van der Waals surface area contributed by atoms with Crippen LogP contribution in [0.2, 0.25) is 0 Å². The number of carbonyl (C=O) groups is 2. The summed E-state index contributed by atoms with van der Waals surface area (Å²) in [5.74, 6) is -2.42. The van der Waals surface area contributed by atoms with Crippen LogP contribution < -0.4 is 21.1 Å². The molecule has 12 heteroatoms. The Morgan fingerprint density at radius 1 is 1.24 bits per heavy atom. The van der Waals surface area contributed by atoms with Crippen molar-refractivity contribution in [2.45, 2.75) is 26.3 Å². The van der Waals surface area contributed by atoms with Gasteiger partial charge in [-0.25, -0.2) is 13.8 Å². The minimum absolute atomic E-state index is 0.00739. The fourth-order valence-corrected chi connectivity index (χ4v) is 4.75. The Bertz CT molecular complexity index is 1240. The van der Waals surface area contributed by atoms with Crippen LogP contribution in [0.5, 0.6) is 0 Å². The number of hydrogen-bond donors (Lipinski definition) is 2. The SMILES string of the molecule is CCNC(=O)C1CCCN(c2nc3ncn(CC(=O)Nc4cc(F)cc(F)c4)c(=O)c3s2)C1. The maximum atomic E-state index is 13.3. The van der Waals surface area contributed by atoms with E-state index >= 15 is 0 Å². The lowest BCUT2D eigenvalue weighted by molar-refractivity contribution is -0.125. The second-order valence-electron chi connectivity index (χ2n) is 7.71. The standard InChI is InChI=1S/C21H22F2N6O3S/c1-2-24-19(31)12-4-3-5-28(9-12)21-27-18-17(33-21)20(32)29(11-25-18)10-16(30)26-15-7-13(22)6-14(23)8-15/h6-8,11-12H,2-5,9-10H2,1H3,(H,24,31)(H,26,30). The number of rotatable bonds is 6. The summed E-state index contributed by atoms with van der Waals surface area (Å²) in [4.78, 5) is 48.0. The normalized spacial score (nSPS) is 16.1. The maximum Gasteiger partial charge on any atom is 0.273 e. The predicted molar refractivity (Wildman–Crippen MR) is 120 cm³/mol. The second-order valence-corrected chi connectivity index (χ2v) is 8.69. The first-order chi connectivity index (χ1) is 15.8. The highest BCUT2D eigenvalue weighted by molar-refractivity contribution is 7.22. The quantitative estimate of drug-likeness (QED) is 0.564. The highest BCUT2D eigenvalue weighted by Crippen LogP contribution is 2.29. The molecule has 1 aliphatic heterocycles. The van der Waals surface area contributed by atoms with Crippen LogP contribution in [0.3, 0.4) is 0 Å². The lowest BCUT2D eigenvalue weighted by Gasteiger charge is -2.31. The molecule has 3 heterocycles. The lowest BCUT2D eigenvalue weighted by atomic mass is 9.97. The van der Waals surface area contributed by atoms with Crippen LogP contribution in [-0.2, 0) is 16.1 Å². The largest absolute Gasteiger partial charge is 0.356 e. The molecule has 174 valence electrons. The average molecular weight is 477 g/mol. The van der Waals surface area contributed by atoms with Gasteiger partial charge in [-0.15, -0.1) is 0 Å². The summed E-state index contributed by atoms with van der Waals surface area (Å²) in [7, 11) is 0. The minimum atomic E-state index is -0.824. The van der Waals surface area contributed by atoms with Crippen molar-refractivity contribution in [2.24, 2.45) is 5.92 Å². The molecule has 0 radical (unpaired) electrons. The van der Waals surface area contributed by atoms with Crippen molar-refractivity contribution in [1.82, 2.24) is 19.9 Å². The number of fused-ring (bicyclic) bond motifs is 1. The van der Waals surface area contributed by atoms with Gasteiger partial charge in [0.25, 0.3) is 5.56 Å². The Kier molecular flexibility index (Phi) is 6.63. The van der Waals surface area contributed by atoms with E-state index in [1.807, 2.05) is 11.8 Å². The number of amides is 2. The van der Waals surface area contributed by atoms with E-state index in [-0.39, 0.29) is 34.4 Å². The van der Waals surface area contributed by atoms with Gasteiger partial charge in [-0.1, -0.05) is 11.3 Å². The van der Waals surface area contributed by atoms with Gasteiger partial charge in [-0.05, 0) is 31.9 Å². The number of thiazole rings is 1. The fourth-order valence-electron chi connectivity index (χ4n) is 3.75. The van der Waals surface area contributed by atoms with Crippen LogP contribution >= 0.6 is 11.3 Å². The first kappa shape index (κ1) is 22.8. The first-order valence-electron chi connectivity index (χ1n) is 10.5. The monoisotopic (exact) mass is 476 g/mol. The van der Waals surface area contributed by atoms with Gasteiger partial charge in [0.05, 0.1) is 5.92 Å². The van der Waals surface area contributed by atoms with Crippen LogP contribution in [0.15, 0.2) is 29.3 Å². The summed E-state index contributed by atoms with van der Waals surface area (Å²) in [6.45, 7) is 3.29. The molecular weight excluding hydrogens is 454 g/mol. The van der Waals surface area contributed by atoms with Crippen molar-refractivity contribution in [2.75, 3.05) is 29.9 Å². The van der Waals surface area contributed by atoms with Gasteiger partial charge < -0.3 is 15.5 Å². The first-order valence-corrected chi connectivity index (χ1v) is 11.3. The van der Waals surface area contributed by atoms with Crippen LogP contribution in [0, 0.1) is 17.6 Å². The zero-order valence-corrected chi connectivity index (χ0v) is 18.6. The number of carbonyl (C=O) groups excluding carboxylic acids is 2. The molecule has 1 atom stereocenters. The summed E-state index contributed by atoms with van der Waals surface area (Å²) in [6.07, 6.45) is 2.84. The number of halogens is 2. The number of aromatic nitrogens is 3. The molecule has 2 N–H and O–H groups in total. The minimum Gasteiger partial charge on any atom is -0.356 e. The van der Waals surface area contributed by atoms with E-state index in [1.54, 1.807) is 0 Å². The van der Waals surface area contributed by atoms with Gasteiger partial charge in [0.2, 0.25) is 11.8 Å². The Balaban J connectivity index is 1.50. The van der Waals surface area contributed by atoms with Crippen molar-refractivity contribution >= 4 is 44.3 Å². The number of nitrogens with zero attached hydrogens (tertiary/aromatic N) is 4. The highest BCUT2D eigenvalue weighted by Gasteiger charge is 2.27. The molecule has 1 aromatic carbocycles. The summed E-state index contributed by atoms with van der Waals surface area (Å²) in [5, 5.41) is 5.81. The molecule has 1 unspecified atom stereocenters. The zero-order chi connectivity index (χ0) is 23.5. The molecule has 1 saturated heterocycles. The molecular formula is C21H22F2N6O3S. The number of anilines is 2. The number of hydrogen-bond acceptors (Lipinski definition) is 7. The Morgan fingerprint density at radius 2 is 2.00 bits per heavy atom. The lowest BCUT2D eigenvalue weighted by Crippen LogP contribution is -2.43. The molecule has 1 fully saturated rings. The zero-order valence-electron chi connectivity index (χ0n) is 17.8. The van der Waals surface area contributed by atoms with E-state index in [2.05, 4.69) is 20.6 Å². The molecule has 3 aromatic rings. The van der Waals surface area contributed by atoms with Gasteiger partial charge in [0.1, 0.15) is 29.2 Å². The van der Waals surface area contributed by atoms with Crippen LogP contribution in [-0.4, -0.2) is 46.0 Å². The van der Waals surface area contributed by atoms with Gasteiger partial charge in [0, 0.05) is 31.4 Å². The van der Waals surface area contributed by atoms with Crippen LogP contribution in [0.1, 0.15) is 19.8 Å². The third-order valence-electron chi connectivity index (χ3n) is 5.25. The molecule has 1 aliphatic rings. The van der Waals surface area contributed by atoms with E-state index in [1.165, 1.54) is 6.33 Å². The Hall–Kier alpha value is -3.41. The number of benzene rings is 1. The van der Waals surface area contributed by atoms with Gasteiger partial charge >= 0.3 is 0 Å². The number of nitrogens with one attached hydrogen (secondary N) is 2. The average Bonchev–Trinajstić information content (AvgIpc) is 3.20. The molecule has 0 bridgehead atoms. The molecule has 0 saturated carbocycles. The molecule has 9 nitrogen and oxygen atoms in total. The smallest absolute Gasteiger partial charge is 0.273 e. The molecule has 0 aliphatic carbocycles. The fraction of sp³-hybridized carbons (Fsp3) is 0.381. The summed E-state index contributed by atoms with van der Waals surface area (Å²) in [5.41, 5.74) is -0.225.